The average molecular weight is 601 g/mol. The minimum absolute atomic E-state index is 0.352. The average Bonchev–Trinajstić information content (AvgIpc) is 2.96. The number of hydrogen-bond acceptors (Lipinski definition) is 6. The number of ether oxygens (including phenoxy) is 2. The van der Waals surface area contributed by atoms with Gasteiger partial charge in [-0.1, -0.05) is 37.3 Å². The summed E-state index contributed by atoms with van der Waals surface area (Å²) in [6.45, 7) is 13.9. The second-order valence-corrected chi connectivity index (χ2v) is 11.9. The summed E-state index contributed by atoms with van der Waals surface area (Å²) in [5, 5.41) is 17.7. The molecule has 0 bridgehead atoms. The smallest absolute Gasteiger partial charge is 0.235 e. The number of aliphatic hydroxyl groups is 1. The maximum Gasteiger partial charge on any atom is 0.235 e. The number of hydrogen-bond donors (Lipinski definition) is 3. The number of anilines is 2. The number of rotatable bonds is 10. The highest BCUT2D eigenvalue weighted by molar-refractivity contribution is 6.10. The Kier molecular flexibility index (Phi) is 10.1. The molecule has 0 spiro atoms. The lowest BCUT2D eigenvalue weighted by Crippen LogP contribution is -2.56. The van der Waals surface area contributed by atoms with Crippen LogP contribution in [0.25, 0.3) is 0 Å². The highest BCUT2D eigenvalue weighted by atomic mass is 16.5. The maximum absolute atomic E-state index is 14.2. The molecule has 3 N–H and O–H groups in total. The number of ketones is 1. The van der Waals surface area contributed by atoms with Crippen LogP contribution in [0, 0.1) is 39.5 Å². The molecule has 3 aromatic rings. The Hall–Kier alpha value is -4.17. The van der Waals surface area contributed by atoms with Crippen LogP contribution in [0.2, 0.25) is 0 Å². The number of Topliss-reactive ketones (excluding diaryl/α,β-unsaturated/α-hetero) is 1. The molecule has 3 aromatic carbocycles. The number of nitrogens with one attached hydrogen (secondary N) is 2. The lowest BCUT2D eigenvalue weighted by atomic mass is 9.61. The molecule has 4 atom stereocenters. The summed E-state index contributed by atoms with van der Waals surface area (Å²) >= 11 is 0. The zero-order valence-corrected chi connectivity index (χ0v) is 26.7. The van der Waals surface area contributed by atoms with Gasteiger partial charge in [-0.25, -0.2) is 0 Å². The molecule has 4 rings (SSSR count). The van der Waals surface area contributed by atoms with Crippen LogP contribution >= 0.6 is 0 Å². The number of carbonyl (C=O) groups is 3. The molecule has 1 aliphatic rings. The molecule has 0 saturated heterocycles. The fourth-order valence-corrected chi connectivity index (χ4v) is 6.02. The molecule has 2 amide bonds. The van der Waals surface area contributed by atoms with E-state index in [0.717, 1.165) is 28.7 Å². The monoisotopic (exact) mass is 600 g/mol. The van der Waals surface area contributed by atoms with Crippen LogP contribution in [-0.4, -0.2) is 41.5 Å². The highest BCUT2D eigenvalue weighted by Crippen LogP contribution is 2.48. The lowest BCUT2D eigenvalue weighted by molar-refractivity contribution is -0.150. The van der Waals surface area contributed by atoms with Crippen molar-refractivity contribution in [3.8, 4) is 11.5 Å². The number of carbonyl (C=O) groups excluding carboxylic acids is 3. The summed E-state index contributed by atoms with van der Waals surface area (Å²) in [4.78, 5) is 42.1. The van der Waals surface area contributed by atoms with Crippen LogP contribution in [-0.2, 0) is 14.4 Å². The van der Waals surface area contributed by atoms with Gasteiger partial charge in [0.05, 0.1) is 24.7 Å². The van der Waals surface area contributed by atoms with Gasteiger partial charge in [-0.05, 0) is 100 Å². The highest BCUT2D eigenvalue weighted by Gasteiger charge is 2.56. The number of amides is 2. The van der Waals surface area contributed by atoms with Gasteiger partial charge >= 0.3 is 0 Å². The first kappa shape index (κ1) is 32.7. The fourth-order valence-electron chi connectivity index (χ4n) is 6.02. The predicted octanol–water partition coefficient (Wildman–Crippen LogP) is 6.42. The van der Waals surface area contributed by atoms with Crippen LogP contribution in [0.15, 0.2) is 54.6 Å². The Morgan fingerprint density at radius 2 is 1.45 bits per heavy atom. The van der Waals surface area contributed by atoms with Crippen LogP contribution in [0.4, 0.5) is 11.4 Å². The molecule has 1 saturated carbocycles. The third-order valence-electron chi connectivity index (χ3n) is 8.67. The van der Waals surface area contributed by atoms with Gasteiger partial charge < -0.3 is 25.2 Å². The number of aryl methyl sites for hydroxylation is 2. The first-order chi connectivity index (χ1) is 20.9. The molecule has 0 radical (unpaired) electrons. The van der Waals surface area contributed by atoms with Crippen molar-refractivity contribution in [3.05, 3.63) is 82.4 Å². The summed E-state index contributed by atoms with van der Waals surface area (Å²) in [6.07, 6.45) is 0.448. The zero-order valence-electron chi connectivity index (χ0n) is 26.7. The summed E-state index contributed by atoms with van der Waals surface area (Å²) in [7, 11) is 0. The van der Waals surface area contributed by atoms with E-state index in [9.17, 15) is 19.5 Å². The van der Waals surface area contributed by atoms with Gasteiger partial charge in [0.1, 0.15) is 11.7 Å². The Bertz CT molecular complexity index is 1550. The van der Waals surface area contributed by atoms with Crippen molar-refractivity contribution < 1.29 is 29.0 Å². The molecule has 4 unspecified atom stereocenters. The van der Waals surface area contributed by atoms with E-state index < -0.39 is 41.0 Å². The van der Waals surface area contributed by atoms with E-state index in [1.807, 2.05) is 65.8 Å². The number of benzene rings is 3. The Morgan fingerprint density at radius 1 is 0.864 bits per heavy atom. The van der Waals surface area contributed by atoms with Crippen LogP contribution < -0.4 is 20.1 Å². The SMILES string of the molecule is CCCOc1ccc(C2C(C(=O)Nc3cccc(C)c3C)C(=O)CC(C)(O)C2C(=O)Nc2cccc(C)c2C)cc1OCC. The molecule has 234 valence electrons. The second kappa shape index (κ2) is 13.6. The molecule has 0 aliphatic heterocycles. The molecule has 1 aliphatic carbocycles. The molecule has 44 heavy (non-hydrogen) atoms. The Labute approximate surface area is 260 Å². The molecule has 0 aromatic heterocycles. The minimum atomic E-state index is -1.73. The van der Waals surface area contributed by atoms with Crippen molar-refractivity contribution in [1.82, 2.24) is 0 Å². The maximum atomic E-state index is 14.2. The summed E-state index contributed by atoms with van der Waals surface area (Å²) in [5.41, 5.74) is 3.75. The first-order valence-corrected chi connectivity index (χ1v) is 15.3. The standard InChI is InChI=1S/C36H44N2O6/c1-8-18-44-29-17-16-25(19-30(29)43-9-2)31-32(34(40)37-26-14-10-12-21(3)23(26)5)28(39)20-36(7,42)33(31)35(41)38-27-15-11-13-22(4)24(27)6/h10-17,19,31-33,42H,8-9,18,20H2,1-7H3,(H,37,40)(H,38,41). The Balaban J connectivity index is 1.85. The van der Waals surface area contributed by atoms with E-state index in [4.69, 9.17) is 9.47 Å². The summed E-state index contributed by atoms with van der Waals surface area (Å²) in [5.74, 6) is -3.87. The normalized spacial score (nSPS) is 21.5. The van der Waals surface area contributed by atoms with Crippen LogP contribution in [0.1, 0.15) is 67.3 Å². The minimum Gasteiger partial charge on any atom is -0.490 e. The molecular weight excluding hydrogens is 556 g/mol. The van der Waals surface area contributed by atoms with Gasteiger partial charge in [-0.15, -0.1) is 0 Å². The molecule has 8 nitrogen and oxygen atoms in total. The van der Waals surface area contributed by atoms with Crippen LogP contribution in [0.3, 0.4) is 0 Å². The van der Waals surface area contributed by atoms with Gasteiger partial charge in [0.25, 0.3) is 0 Å². The summed E-state index contributed by atoms with van der Waals surface area (Å²) in [6, 6.07) is 16.4. The molecule has 0 heterocycles. The first-order valence-electron chi connectivity index (χ1n) is 15.3. The van der Waals surface area contributed by atoms with E-state index >= 15 is 0 Å². The van der Waals surface area contributed by atoms with E-state index in [0.29, 0.717) is 41.7 Å². The van der Waals surface area contributed by atoms with Gasteiger partial charge in [0.2, 0.25) is 11.8 Å². The Morgan fingerprint density at radius 3 is 2.02 bits per heavy atom. The summed E-state index contributed by atoms with van der Waals surface area (Å²) < 4.78 is 11.8. The third kappa shape index (κ3) is 6.81. The quantitative estimate of drug-likeness (QED) is 0.231. The van der Waals surface area contributed by atoms with Crippen molar-refractivity contribution >= 4 is 29.0 Å². The topological polar surface area (TPSA) is 114 Å². The van der Waals surface area contributed by atoms with E-state index in [-0.39, 0.29) is 6.42 Å². The molecule has 1 fully saturated rings. The van der Waals surface area contributed by atoms with Crippen molar-refractivity contribution in [2.75, 3.05) is 23.8 Å². The second-order valence-electron chi connectivity index (χ2n) is 11.9. The van der Waals surface area contributed by atoms with E-state index in [1.165, 1.54) is 6.92 Å². The van der Waals surface area contributed by atoms with Gasteiger partial charge in [-0.2, -0.15) is 0 Å². The molecule has 8 heteroatoms. The van der Waals surface area contributed by atoms with Crippen LogP contribution in [0.5, 0.6) is 11.5 Å². The fraction of sp³-hybridized carbons (Fsp3) is 0.417. The third-order valence-corrected chi connectivity index (χ3v) is 8.67. The van der Waals surface area contributed by atoms with Crippen molar-refractivity contribution in [2.24, 2.45) is 11.8 Å². The van der Waals surface area contributed by atoms with Crippen molar-refractivity contribution in [1.29, 1.82) is 0 Å². The lowest BCUT2D eigenvalue weighted by Gasteiger charge is -2.44. The molecular formula is C36H44N2O6. The predicted molar refractivity (Wildman–Crippen MR) is 172 cm³/mol. The van der Waals surface area contributed by atoms with Gasteiger partial charge in [0.15, 0.2) is 11.5 Å². The van der Waals surface area contributed by atoms with E-state index in [1.54, 1.807) is 30.3 Å². The van der Waals surface area contributed by atoms with E-state index in [2.05, 4.69) is 10.6 Å². The zero-order chi connectivity index (χ0) is 32.2. The van der Waals surface area contributed by atoms with Crippen molar-refractivity contribution in [3.63, 3.8) is 0 Å². The van der Waals surface area contributed by atoms with Gasteiger partial charge in [-0.3, -0.25) is 14.4 Å². The largest absolute Gasteiger partial charge is 0.490 e. The van der Waals surface area contributed by atoms with Gasteiger partial charge in [0, 0.05) is 23.7 Å². The van der Waals surface area contributed by atoms with Crippen molar-refractivity contribution in [2.45, 2.75) is 72.8 Å².